The van der Waals surface area contributed by atoms with Crippen LogP contribution in [0.5, 0.6) is 11.5 Å². The second-order valence-electron chi connectivity index (χ2n) is 4.94. The first kappa shape index (κ1) is 14.7. The van der Waals surface area contributed by atoms with Gasteiger partial charge >= 0.3 is 5.97 Å². The highest BCUT2D eigenvalue weighted by molar-refractivity contribution is 5.71. The van der Waals surface area contributed by atoms with Crippen LogP contribution in [-0.2, 0) is 9.53 Å². The number of hydrogen-bond donors (Lipinski definition) is 0. The van der Waals surface area contributed by atoms with E-state index in [0.29, 0.717) is 12.4 Å². The molecular formula is C16H22O4. The van der Waals surface area contributed by atoms with E-state index in [-0.39, 0.29) is 18.7 Å². The monoisotopic (exact) mass is 278 g/mol. The zero-order valence-corrected chi connectivity index (χ0v) is 12.0. The molecule has 0 N–H and O–H groups in total. The molecule has 0 saturated heterocycles. The van der Waals surface area contributed by atoms with Gasteiger partial charge in [0.25, 0.3) is 0 Å². The van der Waals surface area contributed by atoms with Gasteiger partial charge in [-0.1, -0.05) is 6.42 Å². The summed E-state index contributed by atoms with van der Waals surface area (Å²) in [5.74, 6) is 1.16. The van der Waals surface area contributed by atoms with Gasteiger partial charge in [0, 0.05) is 0 Å². The van der Waals surface area contributed by atoms with Crippen molar-refractivity contribution < 1.29 is 19.0 Å². The molecule has 2 rings (SSSR count). The molecule has 1 aromatic carbocycles. The van der Waals surface area contributed by atoms with Crippen LogP contribution < -0.4 is 9.47 Å². The molecule has 110 valence electrons. The van der Waals surface area contributed by atoms with Crippen LogP contribution in [0.2, 0.25) is 0 Å². The Kier molecular flexibility index (Phi) is 5.71. The molecule has 0 bridgehead atoms. The van der Waals surface area contributed by atoms with Crippen molar-refractivity contribution in [1.29, 1.82) is 0 Å². The molecule has 20 heavy (non-hydrogen) atoms. The molecule has 0 radical (unpaired) electrons. The van der Waals surface area contributed by atoms with Crippen molar-refractivity contribution in [1.82, 2.24) is 0 Å². The van der Waals surface area contributed by atoms with Crippen LogP contribution in [-0.4, -0.2) is 25.3 Å². The third kappa shape index (κ3) is 4.76. The summed E-state index contributed by atoms with van der Waals surface area (Å²) >= 11 is 0. The molecule has 0 aromatic heterocycles. The number of ether oxygens (including phenoxy) is 3. The summed E-state index contributed by atoms with van der Waals surface area (Å²) in [7, 11) is 0. The van der Waals surface area contributed by atoms with E-state index in [1.54, 1.807) is 12.1 Å². The van der Waals surface area contributed by atoms with Gasteiger partial charge in [0.1, 0.15) is 17.6 Å². The number of esters is 1. The molecule has 1 aromatic rings. The normalized spacial score (nSPS) is 15.7. The van der Waals surface area contributed by atoms with Crippen LogP contribution in [0, 0.1) is 0 Å². The van der Waals surface area contributed by atoms with Crippen LogP contribution in [0.4, 0.5) is 0 Å². The lowest BCUT2D eigenvalue weighted by Crippen LogP contribution is -2.24. The van der Waals surface area contributed by atoms with Gasteiger partial charge < -0.3 is 14.2 Å². The largest absolute Gasteiger partial charge is 0.494 e. The Morgan fingerprint density at radius 3 is 2.25 bits per heavy atom. The van der Waals surface area contributed by atoms with Crippen LogP contribution in [0.15, 0.2) is 24.3 Å². The maximum absolute atomic E-state index is 11.7. The number of rotatable bonds is 6. The SMILES string of the molecule is CCOc1ccc(OCC(=O)OC2CCCCC2)cc1. The molecule has 0 amide bonds. The first-order valence-corrected chi connectivity index (χ1v) is 7.33. The molecule has 1 aliphatic carbocycles. The van der Waals surface area contributed by atoms with E-state index >= 15 is 0 Å². The second-order valence-corrected chi connectivity index (χ2v) is 4.94. The summed E-state index contributed by atoms with van der Waals surface area (Å²) in [5, 5.41) is 0. The average molecular weight is 278 g/mol. The molecule has 0 spiro atoms. The maximum Gasteiger partial charge on any atom is 0.344 e. The Bertz CT molecular complexity index is 407. The highest BCUT2D eigenvalue weighted by Gasteiger charge is 2.17. The quantitative estimate of drug-likeness (QED) is 0.749. The summed E-state index contributed by atoms with van der Waals surface area (Å²) in [6.07, 6.45) is 5.59. The van der Waals surface area contributed by atoms with Crippen molar-refractivity contribution in [3.8, 4) is 11.5 Å². The number of benzene rings is 1. The Morgan fingerprint density at radius 2 is 1.65 bits per heavy atom. The van der Waals surface area contributed by atoms with E-state index < -0.39 is 0 Å². The fourth-order valence-corrected chi connectivity index (χ4v) is 2.34. The number of carbonyl (C=O) groups excluding carboxylic acids is 1. The minimum Gasteiger partial charge on any atom is -0.494 e. The van der Waals surface area contributed by atoms with Crippen molar-refractivity contribution in [2.45, 2.75) is 45.1 Å². The molecule has 0 heterocycles. The molecular weight excluding hydrogens is 256 g/mol. The van der Waals surface area contributed by atoms with E-state index in [1.807, 2.05) is 19.1 Å². The molecule has 4 heteroatoms. The van der Waals surface area contributed by atoms with Gasteiger partial charge in [-0.2, -0.15) is 0 Å². The summed E-state index contributed by atoms with van der Waals surface area (Å²) in [4.78, 5) is 11.7. The minimum atomic E-state index is -0.286. The number of carbonyl (C=O) groups is 1. The first-order chi connectivity index (χ1) is 9.78. The maximum atomic E-state index is 11.7. The first-order valence-electron chi connectivity index (χ1n) is 7.33. The van der Waals surface area contributed by atoms with Gasteiger partial charge in [-0.15, -0.1) is 0 Å². The molecule has 4 nitrogen and oxygen atoms in total. The lowest BCUT2D eigenvalue weighted by Gasteiger charge is -2.21. The standard InChI is InChI=1S/C16H22O4/c1-2-18-13-8-10-14(11-9-13)19-12-16(17)20-15-6-4-3-5-7-15/h8-11,15H,2-7,12H2,1H3. The van der Waals surface area contributed by atoms with Gasteiger partial charge in [0.05, 0.1) is 6.61 Å². The van der Waals surface area contributed by atoms with Crippen LogP contribution in [0.1, 0.15) is 39.0 Å². The van der Waals surface area contributed by atoms with Gasteiger partial charge in [0.2, 0.25) is 0 Å². The van der Waals surface area contributed by atoms with Crippen molar-refractivity contribution in [2.24, 2.45) is 0 Å². The predicted octanol–water partition coefficient (Wildman–Crippen LogP) is 3.34. The van der Waals surface area contributed by atoms with Crippen LogP contribution in [0.3, 0.4) is 0 Å². The molecule has 1 fully saturated rings. The van der Waals surface area contributed by atoms with E-state index in [1.165, 1.54) is 6.42 Å². The predicted molar refractivity (Wildman–Crippen MR) is 76.1 cm³/mol. The fraction of sp³-hybridized carbons (Fsp3) is 0.562. The average Bonchev–Trinajstić information content (AvgIpc) is 2.48. The summed E-state index contributed by atoms with van der Waals surface area (Å²) in [6, 6.07) is 7.23. The lowest BCUT2D eigenvalue weighted by molar-refractivity contribution is -0.152. The summed E-state index contributed by atoms with van der Waals surface area (Å²) in [6.45, 7) is 2.53. The Hall–Kier alpha value is -1.71. The Morgan fingerprint density at radius 1 is 1.05 bits per heavy atom. The van der Waals surface area contributed by atoms with Crippen molar-refractivity contribution in [2.75, 3.05) is 13.2 Å². The Balaban J connectivity index is 1.72. The zero-order valence-electron chi connectivity index (χ0n) is 12.0. The van der Waals surface area contributed by atoms with E-state index in [2.05, 4.69) is 0 Å². The molecule has 1 saturated carbocycles. The van der Waals surface area contributed by atoms with E-state index in [0.717, 1.165) is 31.4 Å². The Labute approximate surface area is 120 Å². The van der Waals surface area contributed by atoms with E-state index in [9.17, 15) is 4.79 Å². The summed E-state index contributed by atoms with van der Waals surface area (Å²) < 4.78 is 16.1. The van der Waals surface area contributed by atoms with Crippen LogP contribution in [0.25, 0.3) is 0 Å². The third-order valence-corrected chi connectivity index (χ3v) is 3.34. The highest BCUT2D eigenvalue weighted by Crippen LogP contribution is 2.21. The van der Waals surface area contributed by atoms with Crippen molar-refractivity contribution in [3.63, 3.8) is 0 Å². The van der Waals surface area contributed by atoms with Gasteiger partial charge in [-0.3, -0.25) is 0 Å². The molecule has 0 unspecified atom stereocenters. The van der Waals surface area contributed by atoms with Gasteiger partial charge in [0.15, 0.2) is 6.61 Å². The van der Waals surface area contributed by atoms with Gasteiger partial charge in [-0.05, 0) is 56.9 Å². The summed E-state index contributed by atoms with van der Waals surface area (Å²) in [5.41, 5.74) is 0. The fourth-order valence-electron chi connectivity index (χ4n) is 2.34. The minimum absolute atomic E-state index is 0.0372. The second kappa shape index (κ2) is 7.78. The molecule has 0 atom stereocenters. The van der Waals surface area contributed by atoms with Gasteiger partial charge in [-0.25, -0.2) is 4.79 Å². The van der Waals surface area contributed by atoms with E-state index in [4.69, 9.17) is 14.2 Å². The zero-order chi connectivity index (χ0) is 14.2. The smallest absolute Gasteiger partial charge is 0.344 e. The highest BCUT2D eigenvalue weighted by atomic mass is 16.6. The molecule has 0 aliphatic heterocycles. The van der Waals surface area contributed by atoms with Crippen LogP contribution >= 0.6 is 0 Å². The molecule has 1 aliphatic rings. The van der Waals surface area contributed by atoms with Crippen molar-refractivity contribution in [3.05, 3.63) is 24.3 Å². The topological polar surface area (TPSA) is 44.8 Å². The third-order valence-electron chi connectivity index (χ3n) is 3.34. The van der Waals surface area contributed by atoms with Crippen molar-refractivity contribution >= 4 is 5.97 Å². The lowest BCUT2D eigenvalue weighted by atomic mass is 9.98. The number of hydrogen-bond acceptors (Lipinski definition) is 4.